The average molecular weight is 277 g/mol. The van der Waals surface area contributed by atoms with Gasteiger partial charge in [0.25, 0.3) is 0 Å². The number of nitrogens with one attached hydrogen (secondary N) is 2. The molecule has 1 aliphatic carbocycles. The first kappa shape index (κ1) is 15.0. The van der Waals surface area contributed by atoms with Crippen molar-refractivity contribution >= 4 is 11.6 Å². The molecule has 0 unspecified atom stereocenters. The Morgan fingerprint density at radius 3 is 2.20 bits per heavy atom. The first-order chi connectivity index (χ1) is 9.31. The predicted molar refractivity (Wildman–Crippen MR) is 83.8 cm³/mol. The molecule has 2 rings (SSSR count). The topological polar surface area (TPSA) is 75.9 Å². The summed E-state index contributed by atoms with van der Waals surface area (Å²) < 4.78 is 0. The molecule has 0 spiro atoms. The van der Waals surface area contributed by atoms with Gasteiger partial charge in [-0.2, -0.15) is 0 Å². The molecule has 1 aromatic heterocycles. The van der Waals surface area contributed by atoms with Gasteiger partial charge in [-0.25, -0.2) is 15.8 Å². The Bertz CT molecular complexity index is 480. The fourth-order valence-corrected chi connectivity index (χ4v) is 2.54. The van der Waals surface area contributed by atoms with Crippen LogP contribution in [0.3, 0.4) is 0 Å². The Morgan fingerprint density at radius 1 is 1.20 bits per heavy atom. The first-order valence-electron chi connectivity index (χ1n) is 7.45. The maximum Gasteiger partial charge on any atom is 0.148 e. The van der Waals surface area contributed by atoms with Gasteiger partial charge in [-0.05, 0) is 32.6 Å². The molecule has 1 heterocycles. The van der Waals surface area contributed by atoms with Crippen molar-refractivity contribution in [1.29, 1.82) is 0 Å². The Morgan fingerprint density at radius 2 is 1.80 bits per heavy atom. The predicted octanol–water partition coefficient (Wildman–Crippen LogP) is 3.11. The summed E-state index contributed by atoms with van der Waals surface area (Å²) in [4.78, 5) is 9.28. The lowest BCUT2D eigenvalue weighted by atomic mass is 9.75. The quantitative estimate of drug-likeness (QED) is 0.582. The number of nitrogen functional groups attached to an aromatic ring is 1. The molecular weight excluding hydrogens is 250 g/mol. The second kappa shape index (κ2) is 5.20. The summed E-state index contributed by atoms with van der Waals surface area (Å²) in [5.74, 6) is 8.04. The van der Waals surface area contributed by atoms with E-state index in [0.29, 0.717) is 5.82 Å². The number of nitrogens with zero attached hydrogens (tertiary/aromatic N) is 2. The van der Waals surface area contributed by atoms with Gasteiger partial charge in [0.2, 0.25) is 0 Å². The van der Waals surface area contributed by atoms with Crippen LogP contribution in [-0.2, 0) is 5.41 Å². The van der Waals surface area contributed by atoms with Gasteiger partial charge in [-0.15, -0.1) is 0 Å². The van der Waals surface area contributed by atoms with Gasteiger partial charge in [0.1, 0.15) is 17.5 Å². The van der Waals surface area contributed by atoms with E-state index in [-0.39, 0.29) is 11.0 Å². The Hall–Kier alpha value is -1.36. The van der Waals surface area contributed by atoms with E-state index < -0.39 is 0 Å². The third-order valence-electron chi connectivity index (χ3n) is 4.32. The van der Waals surface area contributed by atoms with Crippen LogP contribution in [0.15, 0.2) is 0 Å². The van der Waals surface area contributed by atoms with Crippen LogP contribution in [0.1, 0.15) is 64.8 Å². The largest absolute Gasteiger partial charge is 0.364 e. The summed E-state index contributed by atoms with van der Waals surface area (Å²) in [5, 5.41) is 3.65. The number of nitrogens with two attached hydrogens (primary N) is 1. The Balaban J connectivity index is 2.40. The summed E-state index contributed by atoms with van der Waals surface area (Å²) >= 11 is 0. The number of hydrogen-bond donors (Lipinski definition) is 3. The van der Waals surface area contributed by atoms with E-state index in [4.69, 9.17) is 10.8 Å². The summed E-state index contributed by atoms with van der Waals surface area (Å²) in [7, 11) is 0. The smallest absolute Gasteiger partial charge is 0.148 e. The van der Waals surface area contributed by atoms with Crippen molar-refractivity contribution in [3.8, 4) is 0 Å². The van der Waals surface area contributed by atoms with Gasteiger partial charge in [-0.3, -0.25) is 0 Å². The summed E-state index contributed by atoms with van der Waals surface area (Å²) in [6, 6.07) is 0. The molecule has 0 saturated heterocycles. The molecule has 1 saturated carbocycles. The lowest BCUT2D eigenvalue weighted by molar-refractivity contribution is 0.268. The van der Waals surface area contributed by atoms with Crippen LogP contribution in [0.4, 0.5) is 11.6 Å². The molecule has 1 fully saturated rings. The minimum atomic E-state index is -0.102. The van der Waals surface area contributed by atoms with Crippen LogP contribution in [0.5, 0.6) is 0 Å². The number of anilines is 2. The minimum absolute atomic E-state index is 0.102. The zero-order chi connectivity index (χ0) is 15.0. The highest BCUT2D eigenvalue weighted by Gasteiger charge is 2.36. The van der Waals surface area contributed by atoms with Gasteiger partial charge >= 0.3 is 0 Å². The van der Waals surface area contributed by atoms with E-state index in [2.05, 4.69) is 43.4 Å². The molecule has 0 bridgehead atoms. The molecule has 0 aliphatic heterocycles. The number of rotatable bonds is 4. The van der Waals surface area contributed by atoms with E-state index in [1.807, 2.05) is 6.92 Å². The molecule has 0 radical (unpaired) electrons. The van der Waals surface area contributed by atoms with Crippen molar-refractivity contribution in [3.63, 3.8) is 0 Å². The molecule has 1 aromatic rings. The van der Waals surface area contributed by atoms with E-state index in [1.54, 1.807) is 0 Å². The Labute approximate surface area is 121 Å². The standard InChI is InChI=1S/C15H27N5/c1-6-15(8-7-9-15)19-11-10(2)12(20-16)18-13(17-11)14(3,4)5/h6-9,16H2,1-5H3,(H2,17,18,19,20). The van der Waals surface area contributed by atoms with Crippen molar-refractivity contribution in [1.82, 2.24) is 9.97 Å². The van der Waals surface area contributed by atoms with Gasteiger partial charge < -0.3 is 10.7 Å². The summed E-state index contributed by atoms with van der Waals surface area (Å²) in [5.41, 5.74) is 3.79. The molecule has 1 aliphatic rings. The van der Waals surface area contributed by atoms with Crippen molar-refractivity contribution in [2.45, 2.75) is 71.3 Å². The van der Waals surface area contributed by atoms with Gasteiger partial charge in [0, 0.05) is 16.5 Å². The zero-order valence-corrected chi connectivity index (χ0v) is 13.3. The fraction of sp³-hybridized carbons (Fsp3) is 0.733. The van der Waals surface area contributed by atoms with Crippen LogP contribution >= 0.6 is 0 Å². The third-order valence-corrected chi connectivity index (χ3v) is 4.32. The number of aromatic nitrogens is 2. The second-order valence-electron chi connectivity index (χ2n) is 6.88. The van der Waals surface area contributed by atoms with E-state index in [9.17, 15) is 0 Å². The van der Waals surface area contributed by atoms with Crippen LogP contribution in [0, 0.1) is 6.92 Å². The molecule has 5 nitrogen and oxygen atoms in total. The third kappa shape index (κ3) is 2.73. The number of hydrazine groups is 1. The lowest BCUT2D eigenvalue weighted by Gasteiger charge is -2.43. The molecule has 4 N–H and O–H groups in total. The highest BCUT2D eigenvalue weighted by atomic mass is 15.3. The maximum atomic E-state index is 5.61. The zero-order valence-electron chi connectivity index (χ0n) is 13.3. The molecule has 20 heavy (non-hydrogen) atoms. The van der Waals surface area contributed by atoms with Crippen LogP contribution in [0.25, 0.3) is 0 Å². The van der Waals surface area contributed by atoms with E-state index in [1.165, 1.54) is 19.3 Å². The second-order valence-corrected chi connectivity index (χ2v) is 6.88. The van der Waals surface area contributed by atoms with Crippen molar-refractivity contribution in [2.24, 2.45) is 5.84 Å². The van der Waals surface area contributed by atoms with Gasteiger partial charge in [0.15, 0.2) is 0 Å². The summed E-state index contributed by atoms with van der Waals surface area (Å²) in [6.45, 7) is 10.6. The summed E-state index contributed by atoms with van der Waals surface area (Å²) in [6.07, 6.45) is 4.83. The van der Waals surface area contributed by atoms with Gasteiger partial charge in [-0.1, -0.05) is 27.7 Å². The maximum absolute atomic E-state index is 5.61. The molecular formula is C15H27N5. The monoisotopic (exact) mass is 277 g/mol. The van der Waals surface area contributed by atoms with Crippen LogP contribution < -0.4 is 16.6 Å². The van der Waals surface area contributed by atoms with Crippen molar-refractivity contribution < 1.29 is 0 Å². The number of hydrogen-bond acceptors (Lipinski definition) is 5. The van der Waals surface area contributed by atoms with Crippen LogP contribution in [0.2, 0.25) is 0 Å². The Kier molecular flexibility index (Phi) is 3.91. The van der Waals surface area contributed by atoms with Crippen molar-refractivity contribution in [2.75, 3.05) is 10.7 Å². The normalized spacial score (nSPS) is 17.5. The van der Waals surface area contributed by atoms with Crippen LogP contribution in [-0.4, -0.2) is 15.5 Å². The molecule has 0 atom stereocenters. The highest BCUT2D eigenvalue weighted by molar-refractivity contribution is 5.58. The average Bonchev–Trinajstić information content (AvgIpc) is 2.34. The first-order valence-corrected chi connectivity index (χ1v) is 7.45. The highest BCUT2D eigenvalue weighted by Crippen LogP contribution is 2.39. The molecule has 0 amide bonds. The van der Waals surface area contributed by atoms with Crippen molar-refractivity contribution in [3.05, 3.63) is 11.4 Å². The lowest BCUT2D eigenvalue weighted by Crippen LogP contribution is -2.45. The molecule has 0 aromatic carbocycles. The van der Waals surface area contributed by atoms with E-state index in [0.717, 1.165) is 23.6 Å². The van der Waals surface area contributed by atoms with Gasteiger partial charge in [0.05, 0.1) is 0 Å². The molecule has 5 heteroatoms. The van der Waals surface area contributed by atoms with E-state index >= 15 is 0 Å². The SMILES string of the molecule is CCC1(Nc2nc(C(C)(C)C)nc(NN)c2C)CCC1. The fourth-order valence-electron chi connectivity index (χ4n) is 2.54. The minimum Gasteiger partial charge on any atom is -0.364 e. The molecule has 112 valence electrons.